The number of nitrogens with one attached hydrogen (secondary N) is 1. The number of nitrogens with zero attached hydrogens (tertiary/aromatic N) is 1. The number of methoxy groups -OCH3 is 1. The Morgan fingerprint density at radius 1 is 1.30 bits per heavy atom. The highest BCUT2D eigenvalue weighted by molar-refractivity contribution is 9.10. The van der Waals surface area contributed by atoms with Gasteiger partial charge in [0.15, 0.2) is 0 Å². The molecule has 1 N–H and O–H groups in total. The predicted octanol–water partition coefficient (Wildman–Crippen LogP) is 4.08. The summed E-state index contributed by atoms with van der Waals surface area (Å²) in [6.07, 6.45) is 0. The van der Waals surface area contributed by atoms with Gasteiger partial charge in [0.2, 0.25) is 0 Å². The molecule has 0 aliphatic heterocycles. The summed E-state index contributed by atoms with van der Waals surface area (Å²) in [6.45, 7) is 0.531. The Bertz CT molecular complexity index is 667. The maximum absolute atomic E-state index is 13.0. The topological polar surface area (TPSA) is 45.0 Å². The Kier molecular flexibility index (Phi) is 4.59. The van der Waals surface area contributed by atoms with E-state index in [-0.39, 0.29) is 5.82 Å². The van der Waals surface area contributed by atoms with Crippen molar-refractivity contribution in [2.75, 3.05) is 12.4 Å². The average molecular weight is 335 g/mol. The van der Waals surface area contributed by atoms with Gasteiger partial charge in [-0.05, 0) is 51.8 Å². The maximum atomic E-state index is 13.0. The van der Waals surface area contributed by atoms with Crippen molar-refractivity contribution in [1.82, 2.24) is 0 Å². The van der Waals surface area contributed by atoms with Crippen molar-refractivity contribution >= 4 is 21.6 Å². The number of rotatable bonds is 4. The summed E-state index contributed by atoms with van der Waals surface area (Å²) in [5.74, 6) is 0.262. The summed E-state index contributed by atoms with van der Waals surface area (Å²) in [7, 11) is 1.53. The molecule has 2 aromatic rings. The molecule has 0 aromatic heterocycles. The van der Waals surface area contributed by atoms with Crippen molar-refractivity contribution < 1.29 is 9.13 Å². The van der Waals surface area contributed by atoms with Gasteiger partial charge in [0.25, 0.3) is 0 Å². The van der Waals surface area contributed by atoms with Crippen molar-refractivity contribution in [2.24, 2.45) is 0 Å². The van der Waals surface area contributed by atoms with Gasteiger partial charge < -0.3 is 10.1 Å². The van der Waals surface area contributed by atoms with Gasteiger partial charge in [-0.2, -0.15) is 5.26 Å². The Morgan fingerprint density at radius 2 is 2.10 bits per heavy atom. The zero-order valence-corrected chi connectivity index (χ0v) is 12.4. The molecular weight excluding hydrogens is 323 g/mol. The van der Waals surface area contributed by atoms with Crippen molar-refractivity contribution in [1.29, 1.82) is 5.26 Å². The zero-order chi connectivity index (χ0) is 14.5. The lowest BCUT2D eigenvalue weighted by atomic mass is 10.1. The number of hydrogen-bond donors (Lipinski definition) is 1. The fourth-order valence-corrected chi connectivity index (χ4v) is 2.27. The molecule has 0 saturated carbocycles. The van der Waals surface area contributed by atoms with E-state index in [4.69, 9.17) is 10.00 Å². The second kappa shape index (κ2) is 6.40. The molecule has 5 heteroatoms. The van der Waals surface area contributed by atoms with E-state index < -0.39 is 0 Å². The molecule has 0 amide bonds. The van der Waals surface area contributed by atoms with Gasteiger partial charge in [-0.15, -0.1) is 0 Å². The lowest BCUT2D eigenvalue weighted by Crippen LogP contribution is -2.01. The first-order valence-corrected chi connectivity index (χ1v) is 6.69. The van der Waals surface area contributed by atoms with Crippen molar-refractivity contribution in [3.05, 3.63) is 57.8 Å². The number of nitriles is 1. The number of anilines is 1. The summed E-state index contributed by atoms with van der Waals surface area (Å²) in [5.41, 5.74) is 2.23. The molecule has 0 radical (unpaired) electrons. The van der Waals surface area contributed by atoms with E-state index in [9.17, 15) is 4.39 Å². The van der Waals surface area contributed by atoms with Gasteiger partial charge in [0.1, 0.15) is 17.6 Å². The van der Waals surface area contributed by atoms with Crippen molar-refractivity contribution in [3.63, 3.8) is 0 Å². The highest BCUT2D eigenvalue weighted by Crippen LogP contribution is 2.24. The van der Waals surface area contributed by atoms with Crippen LogP contribution in [0.2, 0.25) is 0 Å². The molecule has 0 aliphatic carbocycles. The first-order chi connectivity index (χ1) is 9.63. The molecule has 2 aromatic carbocycles. The van der Waals surface area contributed by atoms with E-state index in [0.29, 0.717) is 22.3 Å². The van der Waals surface area contributed by atoms with Crippen molar-refractivity contribution in [2.45, 2.75) is 6.54 Å². The predicted molar refractivity (Wildman–Crippen MR) is 79.1 cm³/mol. The first-order valence-electron chi connectivity index (χ1n) is 5.90. The summed E-state index contributed by atoms with van der Waals surface area (Å²) in [5, 5.41) is 12.2. The number of hydrogen-bond acceptors (Lipinski definition) is 3. The third kappa shape index (κ3) is 3.28. The van der Waals surface area contributed by atoms with Crippen LogP contribution < -0.4 is 10.1 Å². The van der Waals surface area contributed by atoms with Crippen LogP contribution in [0.15, 0.2) is 40.9 Å². The number of halogens is 2. The maximum Gasteiger partial charge on any atom is 0.136 e. The van der Waals surface area contributed by atoms with Crippen LogP contribution in [-0.2, 0) is 6.54 Å². The summed E-state index contributed by atoms with van der Waals surface area (Å²) < 4.78 is 18.7. The average Bonchev–Trinajstić information content (AvgIpc) is 2.46. The molecular formula is C15H12BrFN2O. The van der Waals surface area contributed by atoms with Crippen LogP contribution in [0.25, 0.3) is 0 Å². The molecule has 102 valence electrons. The molecule has 2 rings (SSSR count). The van der Waals surface area contributed by atoms with Gasteiger partial charge in [-0.1, -0.05) is 6.07 Å². The lowest BCUT2D eigenvalue weighted by molar-refractivity contribution is 0.413. The fourth-order valence-electron chi connectivity index (χ4n) is 1.78. The quantitative estimate of drug-likeness (QED) is 0.916. The highest BCUT2D eigenvalue weighted by atomic mass is 79.9. The minimum atomic E-state index is -0.293. The van der Waals surface area contributed by atoms with E-state index in [1.54, 1.807) is 18.2 Å². The third-order valence-corrected chi connectivity index (χ3v) is 3.45. The minimum absolute atomic E-state index is 0.293. The Morgan fingerprint density at radius 3 is 2.75 bits per heavy atom. The van der Waals surface area contributed by atoms with Gasteiger partial charge in [-0.25, -0.2) is 4.39 Å². The van der Waals surface area contributed by atoms with Gasteiger partial charge in [-0.3, -0.25) is 0 Å². The summed E-state index contributed by atoms with van der Waals surface area (Å²) in [4.78, 5) is 0. The smallest absolute Gasteiger partial charge is 0.136 e. The molecule has 0 unspecified atom stereocenters. The molecule has 0 heterocycles. The molecule has 0 bridgehead atoms. The number of ether oxygens (including phenoxy) is 1. The molecule has 0 atom stereocenters. The lowest BCUT2D eigenvalue weighted by Gasteiger charge is -2.10. The van der Waals surface area contributed by atoms with E-state index in [2.05, 4.69) is 27.3 Å². The van der Waals surface area contributed by atoms with Crippen LogP contribution in [0.3, 0.4) is 0 Å². The van der Waals surface area contributed by atoms with Crippen LogP contribution in [0.5, 0.6) is 5.75 Å². The Hall–Kier alpha value is -2.06. The van der Waals surface area contributed by atoms with Crippen LogP contribution in [-0.4, -0.2) is 7.11 Å². The number of benzene rings is 2. The zero-order valence-electron chi connectivity index (χ0n) is 10.8. The standard InChI is InChI=1S/C15H12BrFN2O/c1-20-15-5-2-10(6-11(15)8-18)9-19-14-4-3-12(17)7-13(14)16/h2-7,19H,9H2,1H3. The molecule has 0 spiro atoms. The molecule has 0 fully saturated rings. The van der Waals surface area contributed by atoms with Crippen LogP contribution in [0.1, 0.15) is 11.1 Å². The highest BCUT2D eigenvalue weighted by Gasteiger charge is 2.05. The van der Waals surface area contributed by atoms with Gasteiger partial charge in [0, 0.05) is 16.7 Å². The van der Waals surface area contributed by atoms with Crippen LogP contribution >= 0.6 is 15.9 Å². The van der Waals surface area contributed by atoms with E-state index in [0.717, 1.165) is 11.3 Å². The van der Waals surface area contributed by atoms with Gasteiger partial charge in [0.05, 0.1) is 12.7 Å². The second-order valence-electron chi connectivity index (χ2n) is 4.12. The van der Waals surface area contributed by atoms with E-state index in [1.165, 1.54) is 19.2 Å². The molecule has 0 aliphatic rings. The minimum Gasteiger partial charge on any atom is -0.495 e. The van der Waals surface area contributed by atoms with E-state index in [1.807, 2.05) is 6.07 Å². The normalized spacial score (nSPS) is 9.90. The van der Waals surface area contributed by atoms with Gasteiger partial charge >= 0.3 is 0 Å². The SMILES string of the molecule is COc1ccc(CNc2ccc(F)cc2Br)cc1C#N. The van der Waals surface area contributed by atoms with Crippen LogP contribution in [0, 0.1) is 17.1 Å². The largest absolute Gasteiger partial charge is 0.495 e. The third-order valence-electron chi connectivity index (χ3n) is 2.80. The Labute approximate surface area is 125 Å². The molecule has 20 heavy (non-hydrogen) atoms. The summed E-state index contributed by atoms with van der Waals surface area (Å²) in [6, 6.07) is 11.9. The molecule has 3 nitrogen and oxygen atoms in total. The van der Waals surface area contributed by atoms with Crippen molar-refractivity contribution in [3.8, 4) is 11.8 Å². The first kappa shape index (κ1) is 14.4. The second-order valence-corrected chi connectivity index (χ2v) is 4.98. The molecule has 0 saturated heterocycles. The van der Waals surface area contributed by atoms with E-state index >= 15 is 0 Å². The van der Waals surface area contributed by atoms with Crippen LogP contribution in [0.4, 0.5) is 10.1 Å². The monoisotopic (exact) mass is 334 g/mol. The Balaban J connectivity index is 2.13. The fraction of sp³-hybridized carbons (Fsp3) is 0.133. The summed E-state index contributed by atoms with van der Waals surface area (Å²) >= 11 is 3.30.